The Morgan fingerprint density at radius 1 is 1.16 bits per heavy atom. The molecule has 2 aromatic carbocycles. The number of hydrogen-bond acceptors (Lipinski definition) is 8. The van der Waals surface area contributed by atoms with Gasteiger partial charge in [0.25, 0.3) is 10.9 Å². The van der Waals surface area contributed by atoms with Gasteiger partial charge in [0.2, 0.25) is 0 Å². The molecule has 7 nitrogen and oxygen atoms in total. The Bertz CT molecular complexity index is 1030. The van der Waals surface area contributed by atoms with E-state index in [0.717, 1.165) is 32.1 Å². The molecule has 9 heteroatoms. The lowest BCUT2D eigenvalue weighted by Gasteiger charge is -2.26. The average Bonchev–Trinajstić information content (AvgIpc) is 3.46. The van der Waals surface area contributed by atoms with Crippen molar-refractivity contribution in [3.8, 4) is 5.75 Å². The predicted molar refractivity (Wildman–Crippen MR) is 130 cm³/mol. The molecule has 1 saturated carbocycles. The number of anilines is 3. The van der Waals surface area contributed by atoms with Crippen LogP contribution in [-0.4, -0.2) is 29.4 Å². The summed E-state index contributed by atoms with van der Waals surface area (Å²) in [5, 5.41) is 17.4. The lowest BCUT2D eigenvalue weighted by molar-refractivity contribution is 0.0438. The van der Waals surface area contributed by atoms with Crippen LogP contribution in [-0.2, 0) is 4.74 Å². The molecule has 174 valence electrons. The molecule has 0 spiro atoms. The van der Waals surface area contributed by atoms with Crippen LogP contribution in [0.25, 0.3) is 0 Å². The van der Waals surface area contributed by atoms with E-state index in [4.69, 9.17) is 16.3 Å². The van der Waals surface area contributed by atoms with Crippen molar-refractivity contribution in [2.75, 3.05) is 10.6 Å². The number of halogens is 1. The van der Waals surface area contributed by atoms with Crippen molar-refractivity contribution < 1.29 is 9.84 Å². The first-order valence-electron chi connectivity index (χ1n) is 11.3. The number of rotatable bonds is 9. The number of nitrogens with one attached hydrogen (secondary N) is 3. The summed E-state index contributed by atoms with van der Waals surface area (Å²) in [5.41, 5.74) is -0.410. The van der Waals surface area contributed by atoms with E-state index in [1.165, 1.54) is 24.8 Å². The minimum absolute atomic E-state index is 0.000788. The van der Waals surface area contributed by atoms with E-state index in [1.54, 1.807) is 12.1 Å². The van der Waals surface area contributed by atoms with Crippen LogP contribution in [0.1, 0.15) is 58.8 Å². The van der Waals surface area contributed by atoms with Crippen LogP contribution in [0, 0.1) is 0 Å². The maximum Gasteiger partial charge on any atom is 0.253 e. The molecule has 32 heavy (non-hydrogen) atoms. The molecule has 1 aliphatic heterocycles. The first-order valence-corrected chi connectivity index (χ1v) is 12.5. The van der Waals surface area contributed by atoms with Gasteiger partial charge in [0.1, 0.15) is 11.4 Å². The molecule has 2 aromatic rings. The van der Waals surface area contributed by atoms with Crippen LogP contribution in [0.15, 0.2) is 26.6 Å². The van der Waals surface area contributed by atoms with Gasteiger partial charge in [-0.05, 0) is 63.1 Å². The Labute approximate surface area is 197 Å². The highest BCUT2D eigenvalue weighted by Gasteiger charge is 2.32. The van der Waals surface area contributed by atoms with Crippen LogP contribution in [0.4, 0.5) is 17.1 Å². The Hall–Kier alpha value is -1.74. The molecule has 1 heterocycles. The second kappa shape index (κ2) is 10.0. The van der Waals surface area contributed by atoms with Crippen LogP contribution >= 0.6 is 23.5 Å². The molecular formula is C23H30ClN3O4S. The van der Waals surface area contributed by atoms with Crippen molar-refractivity contribution in [2.45, 2.75) is 88.0 Å². The number of phenols is 1. The lowest BCUT2D eigenvalue weighted by atomic mass is 10.0. The Kier molecular flexibility index (Phi) is 7.34. The summed E-state index contributed by atoms with van der Waals surface area (Å²) < 4.78 is 9.32. The lowest BCUT2D eigenvalue weighted by Crippen LogP contribution is -2.42. The normalized spacial score (nSPS) is 22.5. The molecule has 3 atom stereocenters. The van der Waals surface area contributed by atoms with Crippen LogP contribution in [0.2, 0.25) is 5.02 Å². The molecule has 0 bridgehead atoms. The van der Waals surface area contributed by atoms with Crippen molar-refractivity contribution in [1.82, 2.24) is 4.72 Å². The fourth-order valence-electron chi connectivity index (χ4n) is 4.49. The zero-order valence-corrected chi connectivity index (χ0v) is 19.9. The second-order valence-corrected chi connectivity index (χ2v) is 9.98. The zero-order valence-electron chi connectivity index (χ0n) is 18.4. The van der Waals surface area contributed by atoms with Crippen LogP contribution in [0.5, 0.6) is 5.75 Å². The fourth-order valence-corrected chi connectivity index (χ4v) is 5.65. The Morgan fingerprint density at radius 2 is 1.88 bits per heavy atom. The van der Waals surface area contributed by atoms with E-state index >= 15 is 0 Å². The van der Waals surface area contributed by atoms with E-state index in [2.05, 4.69) is 15.4 Å². The summed E-state index contributed by atoms with van der Waals surface area (Å²) in [5.74, 6) is -0.0491. The molecular weight excluding hydrogens is 450 g/mol. The van der Waals surface area contributed by atoms with E-state index in [9.17, 15) is 14.7 Å². The van der Waals surface area contributed by atoms with Gasteiger partial charge in [0.05, 0.1) is 33.9 Å². The summed E-state index contributed by atoms with van der Waals surface area (Å²) >= 11 is 7.62. The maximum absolute atomic E-state index is 12.3. The molecule has 0 radical (unpaired) electrons. The molecule has 2 fully saturated rings. The highest BCUT2D eigenvalue weighted by molar-refractivity contribution is 7.97. The third kappa shape index (κ3) is 4.78. The van der Waals surface area contributed by atoms with Crippen molar-refractivity contribution in [3.63, 3.8) is 0 Å². The van der Waals surface area contributed by atoms with E-state index in [0.29, 0.717) is 21.6 Å². The van der Waals surface area contributed by atoms with Crippen LogP contribution < -0.4 is 26.2 Å². The third-order valence-corrected chi connectivity index (χ3v) is 7.92. The smallest absolute Gasteiger partial charge is 0.253 e. The standard InChI is InChI=1S/C23H30ClN3O4S/c1-3-15(17-11-8-12(2)31-17)25-18-19(22(30)21(18)29)26-16-10-9-14(24)23(20(16)28)32-27-13-6-4-5-7-13/h9-10,12-13,15,17,25-28H,3-8,11H2,1-2H3/t12-,15-,17-/m1/s1. The first-order chi connectivity index (χ1) is 15.4. The number of hydrogen-bond donors (Lipinski definition) is 4. The van der Waals surface area contributed by atoms with Gasteiger partial charge < -0.3 is 20.5 Å². The number of ether oxygens (including phenoxy) is 1. The number of phenolic OH excluding ortho intramolecular Hbond substituents is 1. The van der Waals surface area contributed by atoms with E-state index < -0.39 is 10.9 Å². The zero-order chi connectivity index (χ0) is 22.8. The minimum Gasteiger partial charge on any atom is -0.505 e. The van der Waals surface area contributed by atoms with Crippen LogP contribution in [0.3, 0.4) is 0 Å². The summed E-state index contributed by atoms with van der Waals surface area (Å²) in [7, 11) is 0. The van der Waals surface area contributed by atoms with Gasteiger partial charge in [0.15, 0.2) is 5.75 Å². The van der Waals surface area contributed by atoms with Crippen molar-refractivity contribution >= 4 is 40.6 Å². The van der Waals surface area contributed by atoms with Gasteiger partial charge in [-0.25, -0.2) is 0 Å². The van der Waals surface area contributed by atoms with E-state index in [1.807, 2.05) is 13.8 Å². The summed E-state index contributed by atoms with van der Waals surface area (Å²) in [6, 6.07) is 3.60. The quantitative estimate of drug-likeness (QED) is 0.234. The molecule has 0 aromatic heterocycles. The van der Waals surface area contributed by atoms with Gasteiger partial charge in [-0.1, -0.05) is 31.4 Å². The van der Waals surface area contributed by atoms with Gasteiger partial charge in [0, 0.05) is 6.04 Å². The second-order valence-electron chi connectivity index (χ2n) is 8.73. The molecule has 0 unspecified atom stereocenters. The molecule has 2 aliphatic rings. The number of aromatic hydroxyl groups is 1. The highest BCUT2D eigenvalue weighted by atomic mass is 35.5. The summed E-state index contributed by atoms with van der Waals surface area (Å²) in [6.45, 7) is 4.06. The SMILES string of the molecule is CC[C@@H](Nc1c(Nc2ccc(Cl)c(SNC3CCCC3)c2O)c(=O)c1=O)[C@H]1CC[C@@H](C)O1. The average molecular weight is 480 g/mol. The molecule has 1 saturated heterocycles. The van der Waals surface area contributed by atoms with Crippen molar-refractivity contribution in [2.24, 2.45) is 0 Å². The topological polar surface area (TPSA) is 99.7 Å². The van der Waals surface area contributed by atoms with Gasteiger partial charge >= 0.3 is 0 Å². The van der Waals surface area contributed by atoms with Gasteiger partial charge in [-0.3, -0.25) is 14.3 Å². The Balaban J connectivity index is 1.51. The summed E-state index contributed by atoms with van der Waals surface area (Å²) in [6.07, 6.45) is 7.45. The van der Waals surface area contributed by atoms with Gasteiger partial charge in [-0.15, -0.1) is 0 Å². The van der Waals surface area contributed by atoms with Gasteiger partial charge in [-0.2, -0.15) is 0 Å². The maximum atomic E-state index is 12.3. The monoisotopic (exact) mass is 479 g/mol. The third-order valence-electron chi connectivity index (χ3n) is 6.42. The largest absolute Gasteiger partial charge is 0.505 e. The number of benzene rings is 1. The molecule has 1 aliphatic carbocycles. The predicted octanol–water partition coefficient (Wildman–Crippen LogP) is 4.68. The van der Waals surface area contributed by atoms with E-state index in [-0.39, 0.29) is 35.4 Å². The fraction of sp³-hybridized carbons (Fsp3) is 0.565. The molecule has 0 amide bonds. The summed E-state index contributed by atoms with van der Waals surface area (Å²) in [4.78, 5) is 25.1. The van der Waals surface area contributed by atoms with Crippen molar-refractivity contribution in [3.05, 3.63) is 37.6 Å². The van der Waals surface area contributed by atoms with Crippen molar-refractivity contribution in [1.29, 1.82) is 0 Å². The highest BCUT2D eigenvalue weighted by Crippen LogP contribution is 2.41. The minimum atomic E-state index is -0.601. The Morgan fingerprint density at radius 3 is 2.53 bits per heavy atom. The molecule has 4 rings (SSSR count). The first kappa shape index (κ1) is 23.4. The molecule has 4 N–H and O–H groups in total.